The smallest absolute Gasteiger partial charge is 0.0457 e. The first-order chi connectivity index (χ1) is 10.3. The Morgan fingerprint density at radius 2 is 2.05 bits per heavy atom. The number of hydrogen-bond donors (Lipinski definition) is 2. The Kier molecular flexibility index (Phi) is 4.61. The number of nitrogens with two attached hydrogens (primary N) is 1. The Balaban J connectivity index is 1.80. The molecule has 0 spiro atoms. The first-order valence-electron chi connectivity index (χ1n) is 8.32. The number of fused-ring (bicyclic) bond motifs is 1. The predicted molar refractivity (Wildman–Crippen MR) is 89.2 cm³/mol. The van der Waals surface area contributed by atoms with E-state index in [9.17, 15) is 0 Å². The minimum Gasteiger partial charge on any atom is -0.361 e. The Hall–Kier alpha value is -1.32. The molecule has 1 aliphatic rings. The van der Waals surface area contributed by atoms with Crippen molar-refractivity contribution in [3.8, 4) is 0 Å². The molecule has 1 heterocycles. The average molecular weight is 285 g/mol. The van der Waals surface area contributed by atoms with Crippen LogP contribution in [0.25, 0.3) is 10.9 Å². The summed E-state index contributed by atoms with van der Waals surface area (Å²) < 4.78 is 0. The minimum atomic E-state index is 0.655. The van der Waals surface area contributed by atoms with Gasteiger partial charge in [0.1, 0.15) is 0 Å². The first kappa shape index (κ1) is 14.6. The number of aromatic amines is 1. The molecule has 2 atom stereocenters. The molecule has 0 amide bonds. The fourth-order valence-electron chi connectivity index (χ4n) is 3.89. The van der Waals surface area contributed by atoms with Gasteiger partial charge in [-0.2, -0.15) is 0 Å². The number of nitrogens with one attached hydrogen (secondary N) is 1. The Labute approximate surface area is 127 Å². The van der Waals surface area contributed by atoms with E-state index in [0.717, 1.165) is 19.6 Å². The molecule has 3 rings (SSSR count). The summed E-state index contributed by atoms with van der Waals surface area (Å²) in [4.78, 5) is 6.03. The van der Waals surface area contributed by atoms with E-state index < -0.39 is 0 Å². The van der Waals surface area contributed by atoms with Crippen LogP contribution in [0.3, 0.4) is 0 Å². The maximum atomic E-state index is 6.02. The summed E-state index contributed by atoms with van der Waals surface area (Å²) in [6.07, 6.45) is 7.48. The van der Waals surface area contributed by atoms with Gasteiger partial charge in [0.25, 0.3) is 0 Å². The van der Waals surface area contributed by atoms with Gasteiger partial charge in [-0.3, -0.25) is 4.90 Å². The van der Waals surface area contributed by atoms with Crippen molar-refractivity contribution in [3.05, 3.63) is 36.0 Å². The fourth-order valence-corrected chi connectivity index (χ4v) is 3.89. The quantitative estimate of drug-likeness (QED) is 0.883. The molecule has 1 aromatic carbocycles. The van der Waals surface area contributed by atoms with Crippen molar-refractivity contribution in [1.82, 2.24) is 9.88 Å². The third-order valence-corrected chi connectivity index (χ3v) is 5.10. The summed E-state index contributed by atoms with van der Waals surface area (Å²) in [5.41, 5.74) is 8.67. The minimum absolute atomic E-state index is 0.655. The van der Waals surface area contributed by atoms with Gasteiger partial charge in [-0.25, -0.2) is 0 Å². The van der Waals surface area contributed by atoms with Gasteiger partial charge in [0.2, 0.25) is 0 Å². The van der Waals surface area contributed by atoms with Gasteiger partial charge < -0.3 is 10.7 Å². The number of aromatic nitrogens is 1. The van der Waals surface area contributed by atoms with E-state index in [1.807, 2.05) is 0 Å². The lowest BCUT2D eigenvalue weighted by atomic mass is 9.83. The van der Waals surface area contributed by atoms with Crippen LogP contribution in [-0.4, -0.2) is 29.0 Å². The predicted octanol–water partition coefficient (Wildman–Crippen LogP) is 3.51. The summed E-state index contributed by atoms with van der Waals surface area (Å²) >= 11 is 0. The monoisotopic (exact) mass is 285 g/mol. The number of para-hydroxylation sites is 1. The van der Waals surface area contributed by atoms with Crippen LogP contribution in [0.2, 0.25) is 0 Å². The lowest BCUT2D eigenvalue weighted by molar-refractivity contribution is 0.106. The summed E-state index contributed by atoms with van der Waals surface area (Å²) in [7, 11) is 0. The molecular weight excluding hydrogens is 258 g/mol. The van der Waals surface area contributed by atoms with Crippen molar-refractivity contribution in [2.24, 2.45) is 11.7 Å². The second kappa shape index (κ2) is 6.63. The second-order valence-corrected chi connectivity index (χ2v) is 6.27. The summed E-state index contributed by atoms with van der Waals surface area (Å²) in [5, 5.41) is 1.36. The molecule has 3 nitrogen and oxygen atoms in total. The first-order valence-corrected chi connectivity index (χ1v) is 8.32. The zero-order chi connectivity index (χ0) is 14.7. The van der Waals surface area contributed by atoms with Gasteiger partial charge in [0, 0.05) is 29.7 Å². The SMILES string of the molecule is CCN(Cc1c[nH]c2ccccc12)C1CCCCC1CN. The molecule has 1 saturated carbocycles. The highest BCUT2D eigenvalue weighted by Crippen LogP contribution is 2.30. The average Bonchev–Trinajstić information content (AvgIpc) is 2.95. The fraction of sp³-hybridized carbons (Fsp3) is 0.556. The topological polar surface area (TPSA) is 45.0 Å². The molecule has 1 fully saturated rings. The molecule has 0 bridgehead atoms. The van der Waals surface area contributed by atoms with Crippen molar-refractivity contribution < 1.29 is 0 Å². The number of rotatable bonds is 5. The largest absolute Gasteiger partial charge is 0.361 e. The van der Waals surface area contributed by atoms with Crippen LogP contribution < -0.4 is 5.73 Å². The maximum absolute atomic E-state index is 6.02. The molecule has 0 radical (unpaired) electrons. The summed E-state index contributed by atoms with van der Waals surface area (Å²) in [5.74, 6) is 0.670. The molecule has 3 heteroatoms. The highest BCUT2D eigenvalue weighted by molar-refractivity contribution is 5.82. The van der Waals surface area contributed by atoms with E-state index in [-0.39, 0.29) is 0 Å². The van der Waals surface area contributed by atoms with Crippen molar-refractivity contribution in [3.63, 3.8) is 0 Å². The second-order valence-electron chi connectivity index (χ2n) is 6.27. The molecule has 3 N–H and O–H groups in total. The van der Waals surface area contributed by atoms with Crippen LogP contribution in [0.4, 0.5) is 0 Å². The van der Waals surface area contributed by atoms with E-state index in [0.29, 0.717) is 12.0 Å². The molecule has 1 aromatic heterocycles. The zero-order valence-corrected chi connectivity index (χ0v) is 13.0. The van der Waals surface area contributed by atoms with Crippen molar-refractivity contribution >= 4 is 10.9 Å². The molecule has 0 saturated heterocycles. The van der Waals surface area contributed by atoms with Crippen LogP contribution in [-0.2, 0) is 6.54 Å². The zero-order valence-electron chi connectivity index (χ0n) is 13.0. The summed E-state index contributed by atoms with van der Waals surface area (Å²) in [6.45, 7) is 5.23. The van der Waals surface area contributed by atoms with Crippen molar-refractivity contribution in [1.29, 1.82) is 0 Å². The maximum Gasteiger partial charge on any atom is 0.0457 e. The molecule has 2 aromatic rings. The van der Waals surface area contributed by atoms with Crippen molar-refractivity contribution in [2.45, 2.75) is 45.2 Å². The molecule has 1 aliphatic carbocycles. The number of hydrogen-bond acceptors (Lipinski definition) is 2. The normalized spacial score (nSPS) is 23.0. The van der Waals surface area contributed by atoms with Gasteiger partial charge in [0.05, 0.1) is 0 Å². The van der Waals surface area contributed by atoms with Gasteiger partial charge in [-0.15, -0.1) is 0 Å². The molecule has 21 heavy (non-hydrogen) atoms. The van der Waals surface area contributed by atoms with Crippen molar-refractivity contribution in [2.75, 3.05) is 13.1 Å². The van der Waals surface area contributed by atoms with Gasteiger partial charge >= 0.3 is 0 Å². The molecular formula is C18H27N3. The highest BCUT2D eigenvalue weighted by Gasteiger charge is 2.28. The van der Waals surface area contributed by atoms with Gasteiger partial charge in [-0.05, 0) is 43.5 Å². The Bertz CT molecular complexity index is 575. The van der Waals surface area contributed by atoms with E-state index in [4.69, 9.17) is 5.73 Å². The van der Waals surface area contributed by atoms with E-state index in [1.165, 1.54) is 42.1 Å². The Morgan fingerprint density at radius 3 is 2.86 bits per heavy atom. The van der Waals surface area contributed by atoms with E-state index >= 15 is 0 Å². The highest BCUT2D eigenvalue weighted by atomic mass is 15.2. The van der Waals surface area contributed by atoms with Crippen LogP contribution in [0.1, 0.15) is 38.2 Å². The van der Waals surface area contributed by atoms with Gasteiger partial charge in [0.15, 0.2) is 0 Å². The third-order valence-electron chi connectivity index (χ3n) is 5.10. The van der Waals surface area contributed by atoms with E-state index in [2.05, 4.69) is 47.3 Å². The molecule has 2 unspecified atom stereocenters. The lowest BCUT2D eigenvalue weighted by Crippen LogP contribution is -2.44. The molecule has 0 aliphatic heterocycles. The Morgan fingerprint density at radius 1 is 1.24 bits per heavy atom. The van der Waals surface area contributed by atoms with Crippen LogP contribution in [0, 0.1) is 5.92 Å². The van der Waals surface area contributed by atoms with E-state index in [1.54, 1.807) is 0 Å². The lowest BCUT2D eigenvalue weighted by Gasteiger charge is -2.39. The van der Waals surface area contributed by atoms with Crippen LogP contribution >= 0.6 is 0 Å². The van der Waals surface area contributed by atoms with Crippen LogP contribution in [0.15, 0.2) is 30.5 Å². The van der Waals surface area contributed by atoms with Gasteiger partial charge in [-0.1, -0.05) is 38.0 Å². The molecule has 114 valence electrons. The number of H-pyrrole nitrogens is 1. The third kappa shape index (κ3) is 2.99. The standard InChI is InChI=1S/C18H27N3/c1-2-21(18-10-6-3-7-14(18)11-19)13-15-12-20-17-9-5-4-8-16(15)17/h4-5,8-9,12,14,18,20H,2-3,6-7,10-11,13,19H2,1H3. The summed E-state index contributed by atoms with van der Waals surface area (Å²) in [6, 6.07) is 9.24. The van der Waals surface area contributed by atoms with Crippen LogP contribution in [0.5, 0.6) is 0 Å². The number of benzene rings is 1. The number of nitrogens with zero attached hydrogens (tertiary/aromatic N) is 1.